The minimum absolute atomic E-state index is 0.381. The van der Waals surface area contributed by atoms with Crippen molar-refractivity contribution < 1.29 is 38.1 Å². The van der Waals surface area contributed by atoms with Gasteiger partial charge < -0.3 is 28.7 Å². The van der Waals surface area contributed by atoms with Crippen molar-refractivity contribution in [2.45, 2.75) is 142 Å². The molecule has 0 amide bonds. The van der Waals surface area contributed by atoms with Gasteiger partial charge in [-0.2, -0.15) is 0 Å². The number of anilines is 6. The molecule has 8 aromatic rings. The van der Waals surface area contributed by atoms with Gasteiger partial charge in [0.15, 0.2) is 0 Å². The number of benzene rings is 6. The number of nitrogens with zero attached hydrogens (tertiary/aromatic N) is 2. The van der Waals surface area contributed by atoms with Crippen molar-refractivity contribution >= 4 is 101 Å². The predicted molar refractivity (Wildman–Crippen MR) is 365 cm³/mol. The van der Waals surface area contributed by atoms with Crippen molar-refractivity contribution in [2.24, 2.45) is 0 Å². The van der Waals surface area contributed by atoms with E-state index in [9.17, 15) is 19.2 Å². The van der Waals surface area contributed by atoms with Gasteiger partial charge in [-0.1, -0.05) is 189 Å². The molecular formula is C76H84N2O8S2. The van der Waals surface area contributed by atoms with Gasteiger partial charge in [-0.05, 0) is 135 Å². The zero-order valence-electron chi connectivity index (χ0n) is 51.3. The third-order valence-corrected chi connectivity index (χ3v) is 18.4. The molecule has 0 aliphatic heterocycles. The molecule has 88 heavy (non-hydrogen) atoms. The Bertz CT molecular complexity index is 3350. The minimum atomic E-state index is -0.432. The molecule has 0 saturated heterocycles. The van der Waals surface area contributed by atoms with E-state index in [4.69, 9.17) is 18.9 Å². The number of carbonyl (C=O) groups is 4. The molecule has 2 aromatic heterocycles. The summed E-state index contributed by atoms with van der Waals surface area (Å²) in [5.74, 6) is -1.63. The second-order valence-corrected chi connectivity index (χ2v) is 24.1. The normalized spacial score (nSPS) is 11.8. The van der Waals surface area contributed by atoms with E-state index >= 15 is 0 Å². The fourth-order valence-corrected chi connectivity index (χ4v) is 13.8. The molecule has 0 radical (unpaired) electrons. The summed E-state index contributed by atoms with van der Waals surface area (Å²) in [6, 6.07) is 52.3. The van der Waals surface area contributed by atoms with Crippen LogP contribution in [0.4, 0.5) is 32.8 Å². The monoisotopic (exact) mass is 1220 g/mol. The highest BCUT2D eigenvalue weighted by Gasteiger charge is 2.27. The van der Waals surface area contributed by atoms with E-state index in [2.05, 4.69) is 196 Å². The Kier molecular flexibility index (Phi) is 25.6. The summed E-state index contributed by atoms with van der Waals surface area (Å²) in [4.78, 5) is 55.4. The first kappa shape index (κ1) is 65.7. The van der Waals surface area contributed by atoms with Crippen LogP contribution in [0.3, 0.4) is 0 Å². The first-order valence-corrected chi connectivity index (χ1v) is 33.0. The molecule has 0 spiro atoms. The second-order valence-electron chi connectivity index (χ2n) is 22.1. The number of carbonyl (C=O) groups excluding carboxylic acids is 4. The van der Waals surface area contributed by atoms with Gasteiger partial charge in [-0.3, -0.25) is 0 Å². The average molecular weight is 1220 g/mol. The molecule has 0 aliphatic carbocycles. The summed E-state index contributed by atoms with van der Waals surface area (Å²) in [5.41, 5.74) is 8.36. The van der Waals surface area contributed by atoms with Gasteiger partial charge in [0.25, 0.3) is 0 Å². The van der Waals surface area contributed by atoms with Gasteiger partial charge in [0.05, 0.1) is 23.0 Å². The van der Waals surface area contributed by atoms with E-state index in [0.717, 1.165) is 191 Å². The number of ether oxygens (including phenoxy) is 4. The van der Waals surface area contributed by atoms with E-state index in [1.807, 2.05) is 0 Å². The maximum Gasteiger partial charge on any atom is 0.330 e. The van der Waals surface area contributed by atoms with E-state index in [-0.39, 0.29) is 11.9 Å². The Morgan fingerprint density at radius 2 is 0.727 bits per heavy atom. The van der Waals surface area contributed by atoms with E-state index < -0.39 is 24.1 Å². The molecule has 0 bridgehead atoms. The maximum atomic E-state index is 12.7. The lowest BCUT2D eigenvalue weighted by Crippen LogP contribution is -2.11. The number of unbranched alkanes of at least 4 members (excludes halogenated alkanes) is 10. The Labute approximate surface area is 528 Å². The molecule has 8 rings (SSSR count). The summed E-state index contributed by atoms with van der Waals surface area (Å²) in [7, 11) is 0. The zero-order chi connectivity index (χ0) is 62.0. The molecule has 0 saturated carbocycles. The largest absolute Gasteiger partial charge is 0.463 e. The second kappa shape index (κ2) is 34.3. The molecule has 0 N–H and O–H groups in total. The molecular weight excluding hydrogens is 1130 g/mol. The van der Waals surface area contributed by atoms with Crippen molar-refractivity contribution in [3.05, 3.63) is 218 Å². The molecule has 2 unspecified atom stereocenters. The minimum Gasteiger partial charge on any atom is -0.463 e. The number of aryl methyl sites for hydroxylation is 2. The highest BCUT2D eigenvalue weighted by atomic mass is 32.1. The van der Waals surface area contributed by atoms with Gasteiger partial charge >= 0.3 is 23.9 Å². The predicted octanol–water partition coefficient (Wildman–Crippen LogP) is 21.1. The fourth-order valence-electron chi connectivity index (χ4n) is 11.0. The summed E-state index contributed by atoms with van der Waals surface area (Å²) in [5, 5.41) is 6.68. The average Bonchev–Trinajstić information content (AvgIpc) is 1.68. The third-order valence-electron chi connectivity index (χ3n) is 15.8. The summed E-state index contributed by atoms with van der Waals surface area (Å²) in [6.45, 7) is 19.5. The maximum absolute atomic E-state index is 12.7. The third kappa shape index (κ3) is 17.9. The van der Waals surface area contributed by atoms with Crippen molar-refractivity contribution in [1.82, 2.24) is 0 Å². The van der Waals surface area contributed by atoms with E-state index in [1.165, 1.54) is 35.4 Å². The lowest BCUT2D eigenvalue weighted by molar-refractivity contribution is -0.144. The van der Waals surface area contributed by atoms with Gasteiger partial charge in [0.1, 0.15) is 22.2 Å². The summed E-state index contributed by atoms with van der Waals surface area (Å²) in [6.07, 6.45) is 21.2. The van der Waals surface area contributed by atoms with Crippen molar-refractivity contribution in [3.8, 4) is 9.75 Å². The molecule has 12 heteroatoms. The van der Waals surface area contributed by atoms with Crippen LogP contribution < -0.4 is 9.80 Å². The number of thiophene rings is 2. The fraction of sp³-hybridized carbons (Fsp3) is 0.316. The molecule has 0 fully saturated rings. The van der Waals surface area contributed by atoms with Crippen LogP contribution in [0.1, 0.15) is 151 Å². The Morgan fingerprint density at radius 3 is 1.07 bits per heavy atom. The van der Waals surface area contributed by atoms with Gasteiger partial charge in [-0.25, -0.2) is 19.2 Å². The Hall–Kier alpha value is -8.32. The first-order chi connectivity index (χ1) is 43.1. The molecule has 6 aromatic carbocycles. The zero-order valence-corrected chi connectivity index (χ0v) is 52.9. The highest BCUT2D eigenvalue weighted by Crippen LogP contribution is 2.55. The Balaban J connectivity index is 1.19. The van der Waals surface area contributed by atoms with Crippen LogP contribution in [0.25, 0.3) is 31.3 Å². The van der Waals surface area contributed by atoms with Crippen LogP contribution >= 0.6 is 22.7 Å². The topological polar surface area (TPSA) is 112 Å². The number of rotatable bonds is 37. The van der Waals surface area contributed by atoms with E-state index in [1.54, 1.807) is 22.7 Å². The molecule has 2 heterocycles. The SMILES string of the molecule is C=CC(=O)OCCCCCCc1ccc(N(c2ccc(C(CCCCC)OC(=O)C=C)cc2)c2sc(-c3sc(N(c4ccc(CCCCCCOC(=O)C=C)cc4)c4ccc(C(CCCCC)OC(=O)C=C)cc4)c4ccccc34)c3ccccc23)cc1. The van der Waals surface area contributed by atoms with Gasteiger partial charge in [0.2, 0.25) is 0 Å². The number of esters is 4. The number of hydrogen-bond donors (Lipinski definition) is 0. The van der Waals surface area contributed by atoms with Crippen LogP contribution in [-0.2, 0) is 51.0 Å². The van der Waals surface area contributed by atoms with Crippen LogP contribution in [0.15, 0.2) is 196 Å². The van der Waals surface area contributed by atoms with Crippen molar-refractivity contribution in [3.63, 3.8) is 0 Å². The quantitative estimate of drug-likeness (QED) is 0.0161. The van der Waals surface area contributed by atoms with E-state index in [0.29, 0.717) is 13.2 Å². The van der Waals surface area contributed by atoms with Crippen LogP contribution in [0, 0.1) is 0 Å². The van der Waals surface area contributed by atoms with Crippen LogP contribution in [-0.4, -0.2) is 37.1 Å². The van der Waals surface area contributed by atoms with Gasteiger partial charge in [-0.15, -0.1) is 22.7 Å². The van der Waals surface area contributed by atoms with Crippen molar-refractivity contribution in [1.29, 1.82) is 0 Å². The smallest absolute Gasteiger partial charge is 0.330 e. The van der Waals surface area contributed by atoms with Crippen LogP contribution in [0.2, 0.25) is 0 Å². The van der Waals surface area contributed by atoms with Crippen LogP contribution in [0.5, 0.6) is 0 Å². The molecule has 2 atom stereocenters. The summed E-state index contributed by atoms with van der Waals surface area (Å²) < 4.78 is 22.3. The molecule has 0 aliphatic rings. The Morgan fingerprint density at radius 1 is 0.398 bits per heavy atom. The first-order valence-electron chi connectivity index (χ1n) is 31.3. The number of fused-ring (bicyclic) bond motifs is 2. The highest BCUT2D eigenvalue weighted by molar-refractivity contribution is 7.28. The standard InChI is InChI=1S/C76H84N2O8S2/c1-7-13-19-35-67(85-71(81)11-5)57-41-49-61(50-42-57)77(59-45-37-55(38-46-59)29-21-15-17-27-53-83-69(79)9-3)75-65-33-25-23-31-63(65)73(87-75)74-64-32-24-26-34-66(64)76(88-74)78(60-47-39-56(40-48-60)30-22-16-18-28-54-84-70(80)10-4)62-51-43-58(44-52-62)68(36-20-14-8-2)86-72(82)12-6/h9-12,23-26,31-34,37-52,67-68H,3-8,13-22,27-30,35-36,53-54H2,1-2H3. The molecule has 458 valence electrons. The molecule has 10 nitrogen and oxygen atoms in total. The van der Waals surface area contributed by atoms with Gasteiger partial charge in [0, 0.05) is 68.6 Å². The lowest BCUT2D eigenvalue weighted by Gasteiger charge is -2.26. The lowest BCUT2D eigenvalue weighted by atomic mass is 10.0. The summed E-state index contributed by atoms with van der Waals surface area (Å²) >= 11 is 3.57. The van der Waals surface area contributed by atoms with Crippen molar-refractivity contribution in [2.75, 3.05) is 23.0 Å². The number of hydrogen-bond acceptors (Lipinski definition) is 12.